The van der Waals surface area contributed by atoms with Gasteiger partial charge in [-0.3, -0.25) is 4.79 Å². The molecule has 6 heteroatoms. The molecule has 1 aliphatic carbocycles. The van der Waals surface area contributed by atoms with Gasteiger partial charge in [-0.1, -0.05) is 15.9 Å². The Hall–Kier alpha value is -1.69. The van der Waals surface area contributed by atoms with E-state index in [-0.39, 0.29) is 4.47 Å². The number of nitrogens with zero attached hydrogens (tertiary/aromatic N) is 1. The number of hydrogen-bond donors (Lipinski definition) is 1. The van der Waals surface area contributed by atoms with Crippen LogP contribution in [0.15, 0.2) is 34.9 Å². The van der Waals surface area contributed by atoms with Crippen molar-refractivity contribution in [2.24, 2.45) is 0 Å². The molecule has 104 valence electrons. The third-order valence-corrected chi connectivity index (χ3v) is 3.66. The van der Waals surface area contributed by atoms with Crippen LogP contribution in [0.5, 0.6) is 0 Å². The van der Waals surface area contributed by atoms with Crippen molar-refractivity contribution in [2.45, 2.75) is 18.9 Å². The van der Waals surface area contributed by atoms with Gasteiger partial charge in [-0.2, -0.15) is 0 Å². The summed E-state index contributed by atoms with van der Waals surface area (Å²) in [5, 5.41) is 2.30. The van der Waals surface area contributed by atoms with Crippen molar-refractivity contribution >= 4 is 27.5 Å². The molecule has 0 saturated heterocycles. The Morgan fingerprint density at radius 2 is 1.95 bits per heavy atom. The maximum atomic E-state index is 13.7. The van der Waals surface area contributed by atoms with Crippen LogP contribution in [-0.4, -0.2) is 10.5 Å². The molecule has 0 unspecified atom stereocenters. The monoisotopic (exact) mass is 340 g/mol. The number of halogens is 3. The van der Waals surface area contributed by atoms with Crippen molar-refractivity contribution in [1.29, 1.82) is 0 Å². The van der Waals surface area contributed by atoms with Crippen molar-refractivity contribution in [3.05, 3.63) is 52.3 Å². The number of amides is 1. The molecule has 3 nitrogen and oxygen atoms in total. The summed E-state index contributed by atoms with van der Waals surface area (Å²) in [4.78, 5) is 12.1. The molecule has 0 aliphatic heterocycles. The Kier molecular flexibility index (Phi) is 3.33. The van der Waals surface area contributed by atoms with Crippen LogP contribution < -0.4 is 5.32 Å². The molecule has 1 amide bonds. The maximum Gasteiger partial charge on any atom is 0.272 e. The van der Waals surface area contributed by atoms with Gasteiger partial charge in [0, 0.05) is 16.7 Å². The molecule has 1 saturated carbocycles. The fourth-order valence-electron chi connectivity index (χ4n) is 2.10. The summed E-state index contributed by atoms with van der Waals surface area (Å²) in [5.74, 6) is -2.13. The first kappa shape index (κ1) is 13.3. The highest BCUT2D eigenvalue weighted by Gasteiger charge is 2.27. The van der Waals surface area contributed by atoms with Gasteiger partial charge >= 0.3 is 0 Å². The third-order valence-electron chi connectivity index (χ3n) is 3.20. The number of nitrogens with one attached hydrogen (secondary N) is 1. The molecule has 0 atom stereocenters. The quantitative estimate of drug-likeness (QED) is 0.896. The van der Waals surface area contributed by atoms with Crippen molar-refractivity contribution in [2.75, 3.05) is 5.32 Å². The van der Waals surface area contributed by atoms with Crippen LogP contribution in [0.2, 0.25) is 0 Å². The number of benzene rings is 1. The SMILES string of the molecule is O=C(Nc1c(F)cc(Br)cc1F)c1cccn1C1CC1. The van der Waals surface area contributed by atoms with Gasteiger partial charge in [0.15, 0.2) is 11.6 Å². The third kappa shape index (κ3) is 2.47. The lowest BCUT2D eigenvalue weighted by molar-refractivity contribution is 0.101. The minimum atomic E-state index is -0.810. The van der Waals surface area contributed by atoms with Crippen LogP contribution in [-0.2, 0) is 0 Å². The van der Waals surface area contributed by atoms with Gasteiger partial charge in [-0.05, 0) is 37.1 Å². The first-order valence-electron chi connectivity index (χ1n) is 6.19. The fourth-order valence-corrected chi connectivity index (χ4v) is 2.50. The molecule has 1 aromatic heterocycles. The van der Waals surface area contributed by atoms with Crippen LogP contribution in [0.1, 0.15) is 29.4 Å². The Morgan fingerprint density at radius 1 is 1.30 bits per heavy atom. The van der Waals surface area contributed by atoms with Crippen molar-refractivity contribution < 1.29 is 13.6 Å². The standard InChI is InChI=1S/C14H11BrF2N2O/c15-8-6-10(16)13(11(17)7-8)18-14(20)12-2-1-5-19(12)9-3-4-9/h1-2,5-7,9H,3-4H2,(H,18,20). The molecular formula is C14H11BrF2N2O. The lowest BCUT2D eigenvalue weighted by Crippen LogP contribution is -2.18. The normalized spacial score (nSPS) is 14.3. The molecule has 20 heavy (non-hydrogen) atoms. The van der Waals surface area contributed by atoms with Gasteiger partial charge in [0.05, 0.1) is 0 Å². The number of hydrogen-bond acceptors (Lipinski definition) is 1. The number of carbonyl (C=O) groups excluding carboxylic acids is 1. The second-order valence-corrected chi connectivity index (χ2v) is 5.65. The molecule has 1 heterocycles. The predicted octanol–water partition coefficient (Wildman–Crippen LogP) is 4.12. The molecular weight excluding hydrogens is 330 g/mol. The molecule has 0 spiro atoms. The van der Waals surface area contributed by atoms with Crippen molar-refractivity contribution in [3.8, 4) is 0 Å². The maximum absolute atomic E-state index is 13.7. The highest BCUT2D eigenvalue weighted by molar-refractivity contribution is 9.10. The second kappa shape index (κ2) is 5.01. The molecule has 1 aliphatic rings. The highest BCUT2D eigenvalue weighted by Crippen LogP contribution is 2.36. The first-order valence-corrected chi connectivity index (χ1v) is 6.98. The number of aromatic nitrogens is 1. The van der Waals surface area contributed by atoms with Gasteiger partial charge in [0.2, 0.25) is 0 Å². The largest absolute Gasteiger partial charge is 0.340 e. The van der Waals surface area contributed by atoms with Gasteiger partial charge in [0.25, 0.3) is 5.91 Å². The topological polar surface area (TPSA) is 34.0 Å². The van der Waals surface area contributed by atoms with E-state index >= 15 is 0 Å². The molecule has 2 aromatic rings. The van der Waals surface area contributed by atoms with Crippen LogP contribution in [0.25, 0.3) is 0 Å². The van der Waals surface area contributed by atoms with Gasteiger partial charge < -0.3 is 9.88 Å². The molecule has 3 rings (SSSR count). The van der Waals surface area contributed by atoms with E-state index < -0.39 is 23.2 Å². The molecule has 1 aromatic carbocycles. The van der Waals surface area contributed by atoms with E-state index in [1.165, 1.54) is 0 Å². The van der Waals surface area contributed by atoms with E-state index in [1.807, 2.05) is 4.57 Å². The van der Waals surface area contributed by atoms with E-state index in [4.69, 9.17) is 0 Å². The summed E-state index contributed by atoms with van der Waals surface area (Å²) in [6, 6.07) is 5.94. The Bertz CT molecular complexity index is 657. The van der Waals surface area contributed by atoms with Crippen LogP contribution in [0.4, 0.5) is 14.5 Å². The zero-order valence-electron chi connectivity index (χ0n) is 10.4. The van der Waals surface area contributed by atoms with E-state index in [9.17, 15) is 13.6 Å². The van der Waals surface area contributed by atoms with E-state index in [0.717, 1.165) is 25.0 Å². The lowest BCUT2D eigenvalue weighted by atomic mass is 10.2. The number of rotatable bonds is 3. The van der Waals surface area contributed by atoms with Crippen LogP contribution in [0, 0.1) is 11.6 Å². The summed E-state index contributed by atoms with van der Waals surface area (Å²) in [6.07, 6.45) is 3.85. The van der Waals surface area contributed by atoms with Crippen molar-refractivity contribution in [1.82, 2.24) is 4.57 Å². The zero-order chi connectivity index (χ0) is 14.3. The smallest absolute Gasteiger partial charge is 0.272 e. The summed E-state index contributed by atoms with van der Waals surface area (Å²) in [6.45, 7) is 0. The van der Waals surface area contributed by atoms with E-state index in [0.29, 0.717) is 11.7 Å². The van der Waals surface area contributed by atoms with Gasteiger partial charge in [-0.15, -0.1) is 0 Å². The Balaban J connectivity index is 1.87. The molecule has 1 fully saturated rings. The van der Waals surface area contributed by atoms with Gasteiger partial charge in [0.1, 0.15) is 11.4 Å². The Labute approximate surface area is 122 Å². The summed E-state index contributed by atoms with van der Waals surface area (Å²) in [5.41, 5.74) is -0.0176. The average molecular weight is 341 g/mol. The van der Waals surface area contributed by atoms with Crippen molar-refractivity contribution in [3.63, 3.8) is 0 Å². The van der Waals surface area contributed by atoms with Crippen LogP contribution >= 0.6 is 15.9 Å². The number of anilines is 1. The predicted molar refractivity (Wildman–Crippen MR) is 74.7 cm³/mol. The Morgan fingerprint density at radius 3 is 2.55 bits per heavy atom. The zero-order valence-corrected chi connectivity index (χ0v) is 12.0. The minimum Gasteiger partial charge on any atom is -0.340 e. The summed E-state index contributed by atoms with van der Waals surface area (Å²) < 4.78 is 29.5. The minimum absolute atomic E-state index is 0.284. The van der Waals surface area contributed by atoms with E-state index in [2.05, 4.69) is 21.2 Å². The lowest BCUT2D eigenvalue weighted by Gasteiger charge is -2.10. The molecule has 1 N–H and O–H groups in total. The summed E-state index contributed by atoms with van der Waals surface area (Å²) >= 11 is 2.99. The van der Waals surface area contributed by atoms with E-state index in [1.54, 1.807) is 18.3 Å². The molecule has 0 bridgehead atoms. The van der Waals surface area contributed by atoms with Crippen LogP contribution in [0.3, 0.4) is 0 Å². The first-order chi connectivity index (χ1) is 9.56. The second-order valence-electron chi connectivity index (χ2n) is 4.73. The highest BCUT2D eigenvalue weighted by atomic mass is 79.9. The average Bonchev–Trinajstić information content (AvgIpc) is 3.11. The molecule has 0 radical (unpaired) electrons. The fraction of sp³-hybridized carbons (Fsp3) is 0.214. The van der Waals surface area contributed by atoms with Gasteiger partial charge in [-0.25, -0.2) is 8.78 Å². The number of carbonyl (C=O) groups is 1. The summed E-state index contributed by atoms with van der Waals surface area (Å²) in [7, 11) is 0.